The van der Waals surface area contributed by atoms with Crippen LogP contribution in [0.2, 0.25) is 0 Å². The third-order valence-electron chi connectivity index (χ3n) is 4.59. The van der Waals surface area contributed by atoms with Gasteiger partial charge in [-0.2, -0.15) is 0 Å². The molecule has 130 valence electrons. The van der Waals surface area contributed by atoms with Crippen LogP contribution in [0.4, 0.5) is 0 Å². The van der Waals surface area contributed by atoms with Crippen LogP contribution in [-0.4, -0.2) is 37.7 Å². The number of allylic oxidation sites excluding steroid dienone is 2. The first-order chi connectivity index (χ1) is 10.9. The second-order valence-corrected chi connectivity index (χ2v) is 6.68. The Balaban J connectivity index is 1.73. The summed E-state index contributed by atoms with van der Waals surface area (Å²) in [6.45, 7) is 7.72. The van der Waals surface area contributed by atoms with Crippen molar-refractivity contribution in [1.29, 1.82) is 0 Å². The quantitative estimate of drug-likeness (QED) is 0.307. The van der Waals surface area contributed by atoms with Gasteiger partial charge in [-0.1, -0.05) is 64.0 Å². The first-order valence-corrected chi connectivity index (χ1v) is 9.88. The summed E-state index contributed by atoms with van der Waals surface area (Å²) < 4.78 is 5.38. The number of nitrogens with zero attached hydrogens (tertiary/aromatic N) is 1. The highest BCUT2D eigenvalue weighted by Crippen LogP contribution is 2.09. The smallest absolute Gasteiger partial charge is 0.0594 e. The van der Waals surface area contributed by atoms with E-state index in [1.54, 1.807) is 0 Å². The molecule has 1 heterocycles. The van der Waals surface area contributed by atoms with Gasteiger partial charge in [0.1, 0.15) is 0 Å². The average Bonchev–Trinajstić information content (AvgIpc) is 2.56. The van der Waals surface area contributed by atoms with E-state index in [1.807, 2.05) is 0 Å². The predicted octanol–water partition coefficient (Wildman–Crippen LogP) is 5.58. The van der Waals surface area contributed by atoms with Gasteiger partial charge in [-0.25, -0.2) is 0 Å². The molecule has 2 heteroatoms. The van der Waals surface area contributed by atoms with E-state index in [1.165, 1.54) is 83.6 Å². The standard InChI is InChI=1S/C20H39NO/c1-2-3-4-5-6-7-8-9-10-11-12-13-14-15-16-21-17-19-22-20-18-21/h7-8H,2-6,9-20H2,1H3/b8-7-. The molecule has 0 atom stereocenters. The third-order valence-corrected chi connectivity index (χ3v) is 4.59. The first kappa shape index (κ1) is 19.7. The zero-order chi connectivity index (χ0) is 15.7. The van der Waals surface area contributed by atoms with Crippen LogP contribution in [0.25, 0.3) is 0 Å². The highest BCUT2D eigenvalue weighted by molar-refractivity contribution is 4.81. The molecule has 0 amide bonds. The highest BCUT2D eigenvalue weighted by atomic mass is 16.5. The van der Waals surface area contributed by atoms with Crippen molar-refractivity contribution < 1.29 is 4.74 Å². The topological polar surface area (TPSA) is 12.5 Å². The maximum Gasteiger partial charge on any atom is 0.0594 e. The van der Waals surface area contributed by atoms with Crippen molar-refractivity contribution in [1.82, 2.24) is 4.90 Å². The molecule has 1 aliphatic heterocycles. The van der Waals surface area contributed by atoms with Gasteiger partial charge in [0.05, 0.1) is 13.2 Å². The van der Waals surface area contributed by atoms with Crippen molar-refractivity contribution in [3.05, 3.63) is 12.2 Å². The Labute approximate surface area is 139 Å². The third kappa shape index (κ3) is 12.2. The molecule has 0 N–H and O–H groups in total. The van der Waals surface area contributed by atoms with E-state index in [2.05, 4.69) is 24.0 Å². The molecule has 0 unspecified atom stereocenters. The summed E-state index contributed by atoms with van der Waals surface area (Å²) in [5.74, 6) is 0. The summed E-state index contributed by atoms with van der Waals surface area (Å²) in [4.78, 5) is 2.55. The lowest BCUT2D eigenvalue weighted by atomic mass is 10.1. The van der Waals surface area contributed by atoms with Crippen LogP contribution in [0, 0.1) is 0 Å². The second-order valence-electron chi connectivity index (χ2n) is 6.68. The molecule has 0 aromatic carbocycles. The Hall–Kier alpha value is -0.340. The van der Waals surface area contributed by atoms with Crippen molar-refractivity contribution in [3.8, 4) is 0 Å². The molecule has 0 aliphatic carbocycles. The van der Waals surface area contributed by atoms with E-state index in [0.29, 0.717) is 0 Å². The van der Waals surface area contributed by atoms with Gasteiger partial charge in [0.15, 0.2) is 0 Å². The first-order valence-electron chi connectivity index (χ1n) is 9.88. The largest absolute Gasteiger partial charge is 0.379 e. The van der Waals surface area contributed by atoms with Crippen molar-refractivity contribution in [2.45, 2.75) is 84.0 Å². The number of rotatable bonds is 14. The molecule has 0 saturated carbocycles. The summed E-state index contributed by atoms with van der Waals surface area (Å²) in [6.07, 6.45) is 21.4. The number of ether oxygens (including phenoxy) is 1. The van der Waals surface area contributed by atoms with Crippen LogP contribution in [0.3, 0.4) is 0 Å². The van der Waals surface area contributed by atoms with Gasteiger partial charge in [0.2, 0.25) is 0 Å². The van der Waals surface area contributed by atoms with Gasteiger partial charge in [0, 0.05) is 13.1 Å². The van der Waals surface area contributed by atoms with Crippen LogP contribution in [-0.2, 0) is 4.74 Å². The van der Waals surface area contributed by atoms with Gasteiger partial charge in [-0.3, -0.25) is 4.90 Å². The van der Waals surface area contributed by atoms with Crippen LogP contribution < -0.4 is 0 Å². The minimum Gasteiger partial charge on any atom is -0.379 e. The van der Waals surface area contributed by atoms with Gasteiger partial charge < -0.3 is 4.74 Å². The lowest BCUT2D eigenvalue weighted by Crippen LogP contribution is -2.36. The molecule has 1 aliphatic rings. The predicted molar refractivity (Wildman–Crippen MR) is 97.5 cm³/mol. The number of hydrogen-bond donors (Lipinski definition) is 0. The summed E-state index contributed by atoms with van der Waals surface area (Å²) in [7, 11) is 0. The van der Waals surface area contributed by atoms with Crippen LogP contribution in [0.15, 0.2) is 12.2 Å². The average molecular weight is 310 g/mol. The SMILES string of the molecule is CCCCCC/C=C\CCCCCCCCN1CCOCC1. The molecule has 0 radical (unpaired) electrons. The fraction of sp³-hybridized carbons (Fsp3) is 0.900. The minimum absolute atomic E-state index is 0.937. The van der Waals surface area contributed by atoms with Crippen molar-refractivity contribution in [3.63, 3.8) is 0 Å². The van der Waals surface area contributed by atoms with Crippen molar-refractivity contribution in [2.75, 3.05) is 32.8 Å². The summed E-state index contributed by atoms with van der Waals surface area (Å²) in [5, 5.41) is 0. The molecular formula is C20H39NO. The minimum atomic E-state index is 0.937. The second kappa shape index (κ2) is 15.6. The normalized spacial score (nSPS) is 16.6. The molecule has 22 heavy (non-hydrogen) atoms. The molecule has 1 saturated heterocycles. The van der Waals surface area contributed by atoms with Gasteiger partial charge in [-0.05, 0) is 38.6 Å². The Kier molecular flexibility index (Phi) is 13.9. The Bertz CT molecular complexity index is 246. The van der Waals surface area contributed by atoms with E-state index in [9.17, 15) is 0 Å². The van der Waals surface area contributed by atoms with Crippen LogP contribution >= 0.6 is 0 Å². The fourth-order valence-electron chi connectivity index (χ4n) is 3.05. The number of morpholine rings is 1. The van der Waals surface area contributed by atoms with Gasteiger partial charge in [0.25, 0.3) is 0 Å². The molecule has 1 fully saturated rings. The number of hydrogen-bond acceptors (Lipinski definition) is 2. The monoisotopic (exact) mass is 309 g/mol. The van der Waals surface area contributed by atoms with E-state index in [0.717, 1.165) is 26.3 Å². The molecule has 2 nitrogen and oxygen atoms in total. The molecule has 0 spiro atoms. The molecule has 0 bridgehead atoms. The van der Waals surface area contributed by atoms with Gasteiger partial charge in [-0.15, -0.1) is 0 Å². The summed E-state index contributed by atoms with van der Waals surface area (Å²) in [6, 6.07) is 0. The van der Waals surface area contributed by atoms with E-state index >= 15 is 0 Å². The summed E-state index contributed by atoms with van der Waals surface area (Å²) in [5.41, 5.74) is 0. The molecule has 0 aromatic heterocycles. The Morgan fingerprint density at radius 3 is 1.91 bits per heavy atom. The Morgan fingerprint density at radius 1 is 0.727 bits per heavy atom. The van der Waals surface area contributed by atoms with Crippen molar-refractivity contribution >= 4 is 0 Å². The zero-order valence-corrected chi connectivity index (χ0v) is 15.0. The molecular weight excluding hydrogens is 270 g/mol. The molecule has 0 aromatic rings. The lowest BCUT2D eigenvalue weighted by molar-refractivity contribution is 0.0371. The van der Waals surface area contributed by atoms with Crippen LogP contribution in [0.5, 0.6) is 0 Å². The lowest BCUT2D eigenvalue weighted by Gasteiger charge is -2.26. The Morgan fingerprint density at radius 2 is 1.27 bits per heavy atom. The highest BCUT2D eigenvalue weighted by Gasteiger charge is 2.08. The van der Waals surface area contributed by atoms with Crippen LogP contribution in [0.1, 0.15) is 84.0 Å². The van der Waals surface area contributed by atoms with Gasteiger partial charge >= 0.3 is 0 Å². The van der Waals surface area contributed by atoms with E-state index < -0.39 is 0 Å². The summed E-state index contributed by atoms with van der Waals surface area (Å²) >= 11 is 0. The maximum absolute atomic E-state index is 5.38. The molecule has 1 rings (SSSR count). The van der Waals surface area contributed by atoms with Crippen molar-refractivity contribution in [2.24, 2.45) is 0 Å². The number of unbranched alkanes of at least 4 members (excludes halogenated alkanes) is 10. The maximum atomic E-state index is 5.38. The van der Waals surface area contributed by atoms with E-state index in [-0.39, 0.29) is 0 Å². The zero-order valence-electron chi connectivity index (χ0n) is 15.0. The fourth-order valence-corrected chi connectivity index (χ4v) is 3.05. The van der Waals surface area contributed by atoms with E-state index in [4.69, 9.17) is 4.74 Å².